The zero-order valence-corrected chi connectivity index (χ0v) is 16.7. The minimum absolute atomic E-state index is 0.0576. The Morgan fingerprint density at radius 1 is 1.35 bits per heavy atom. The highest BCUT2D eigenvalue weighted by Crippen LogP contribution is 2.41. The summed E-state index contributed by atoms with van der Waals surface area (Å²) in [4.78, 5) is 26.4. The molecular weight excluding hydrogens is 398 g/mol. The van der Waals surface area contributed by atoms with Crippen LogP contribution in [0.2, 0.25) is 0 Å². The summed E-state index contributed by atoms with van der Waals surface area (Å²) in [5.74, 6) is -0.252. The molecule has 6 heteroatoms. The predicted molar refractivity (Wildman–Crippen MR) is 101 cm³/mol. The van der Waals surface area contributed by atoms with E-state index < -0.39 is 12.1 Å². The molecule has 0 aromatic heterocycles. The van der Waals surface area contributed by atoms with Crippen molar-refractivity contribution >= 4 is 27.9 Å². The quantitative estimate of drug-likeness (QED) is 0.548. The number of morpholine rings is 1. The van der Waals surface area contributed by atoms with Gasteiger partial charge in [0, 0.05) is 22.6 Å². The van der Waals surface area contributed by atoms with Crippen LogP contribution in [-0.2, 0) is 19.1 Å². The van der Waals surface area contributed by atoms with Crippen molar-refractivity contribution in [1.29, 1.82) is 0 Å². The topological polar surface area (TPSA) is 55.8 Å². The fraction of sp³-hybridized carbons (Fsp3) is 0.500. The number of carbonyl (C=O) groups excluding carboxylic acids is 2. The lowest BCUT2D eigenvalue weighted by Gasteiger charge is -2.48. The first-order chi connectivity index (χ1) is 12.4. The van der Waals surface area contributed by atoms with Gasteiger partial charge in [-0.25, -0.2) is 4.79 Å². The van der Waals surface area contributed by atoms with Crippen molar-refractivity contribution in [2.75, 3.05) is 13.2 Å². The number of hydrogen-bond acceptors (Lipinski definition) is 5. The number of carbonyl (C=O) groups is 2. The molecule has 1 aromatic rings. The number of esters is 2. The maximum absolute atomic E-state index is 12.5. The van der Waals surface area contributed by atoms with Crippen LogP contribution in [0, 0.1) is 5.92 Å². The molecule has 2 aliphatic heterocycles. The number of halogens is 1. The Bertz CT molecular complexity index is 702. The van der Waals surface area contributed by atoms with Gasteiger partial charge >= 0.3 is 11.9 Å². The maximum Gasteiger partial charge on any atom is 0.333 e. The minimum Gasteiger partial charge on any atom is -0.458 e. The fourth-order valence-electron chi connectivity index (χ4n) is 3.83. The first-order valence-electron chi connectivity index (χ1n) is 8.91. The standard InChI is InChI=1S/C20H24BrNO4/c1-12(2)19(23)25-11-16-10-22-17(20(24)26-16)9-4-13(3)18(22)14-5-7-15(21)8-6-14/h5-8,13,16-18H,1,4,9-11H2,2-3H3/t13-,16-,17-,18-/m0/s1. The highest BCUT2D eigenvalue weighted by atomic mass is 79.9. The van der Waals surface area contributed by atoms with Gasteiger partial charge in [0.2, 0.25) is 0 Å². The molecule has 0 amide bonds. The van der Waals surface area contributed by atoms with Gasteiger partial charge in [0.15, 0.2) is 0 Å². The summed E-state index contributed by atoms with van der Waals surface area (Å²) in [6, 6.07) is 8.18. The van der Waals surface area contributed by atoms with E-state index in [1.165, 1.54) is 5.56 Å². The molecule has 2 aliphatic rings. The van der Waals surface area contributed by atoms with E-state index in [-0.39, 0.29) is 24.7 Å². The van der Waals surface area contributed by atoms with Crippen LogP contribution in [0.1, 0.15) is 38.3 Å². The molecule has 0 saturated carbocycles. The lowest BCUT2D eigenvalue weighted by molar-refractivity contribution is -0.180. The summed E-state index contributed by atoms with van der Waals surface area (Å²) in [7, 11) is 0. The number of ether oxygens (including phenoxy) is 2. The second-order valence-corrected chi connectivity index (χ2v) is 8.12. The van der Waals surface area contributed by atoms with Crippen molar-refractivity contribution in [2.45, 2.75) is 44.9 Å². The molecular formula is C20H24BrNO4. The molecule has 26 heavy (non-hydrogen) atoms. The summed E-state index contributed by atoms with van der Waals surface area (Å²) in [6.07, 6.45) is 1.32. The summed E-state index contributed by atoms with van der Waals surface area (Å²) in [6.45, 7) is 8.01. The molecule has 0 aliphatic carbocycles. The Labute approximate surface area is 162 Å². The number of nitrogens with zero attached hydrogens (tertiary/aromatic N) is 1. The smallest absolute Gasteiger partial charge is 0.333 e. The van der Waals surface area contributed by atoms with Crippen LogP contribution in [0.25, 0.3) is 0 Å². The van der Waals surface area contributed by atoms with E-state index in [2.05, 4.69) is 46.5 Å². The Balaban J connectivity index is 1.78. The summed E-state index contributed by atoms with van der Waals surface area (Å²) in [5, 5.41) is 0. The molecule has 0 spiro atoms. The van der Waals surface area contributed by atoms with Gasteiger partial charge in [-0.3, -0.25) is 9.69 Å². The Morgan fingerprint density at radius 2 is 2.04 bits per heavy atom. The third-order valence-electron chi connectivity index (χ3n) is 5.12. The molecule has 3 rings (SSSR count). The highest BCUT2D eigenvalue weighted by molar-refractivity contribution is 9.10. The van der Waals surface area contributed by atoms with Gasteiger partial charge in [-0.05, 0) is 43.4 Å². The van der Waals surface area contributed by atoms with Crippen LogP contribution < -0.4 is 0 Å². The second-order valence-electron chi connectivity index (χ2n) is 7.20. The van der Waals surface area contributed by atoms with Crippen molar-refractivity contribution in [2.24, 2.45) is 5.92 Å². The third kappa shape index (κ3) is 4.01. The average Bonchev–Trinajstić information content (AvgIpc) is 2.60. The van der Waals surface area contributed by atoms with Gasteiger partial charge in [0.1, 0.15) is 18.8 Å². The van der Waals surface area contributed by atoms with Crippen LogP contribution >= 0.6 is 15.9 Å². The van der Waals surface area contributed by atoms with E-state index in [4.69, 9.17) is 9.47 Å². The molecule has 2 saturated heterocycles. The van der Waals surface area contributed by atoms with E-state index in [0.29, 0.717) is 18.0 Å². The van der Waals surface area contributed by atoms with Crippen molar-refractivity contribution < 1.29 is 19.1 Å². The molecule has 140 valence electrons. The van der Waals surface area contributed by atoms with Crippen molar-refractivity contribution in [3.8, 4) is 0 Å². The molecule has 2 heterocycles. The zero-order chi connectivity index (χ0) is 18.8. The largest absolute Gasteiger partial charge is 0.458 e. The highest BCUT2D eigenvalue weighted by Gasteiger charge is 2.45. The van der Waals surface area contributed by atoms with Crippen LogP contribution in [0.3, 0.4) is 0 Å². The zero-order valence-electron chi connectivity index (χ0n) is 15.1. The van der Waals surface area contributed by atoms with E-state index in [1.807, 2.05) is 12.1 Å². The molecule has 2 fully saturated rings. The lowest BCUT2D eigenvalue weighted by atomic mass is 9.82. The van der Waals surface area contributed by atoms with Crippen LogP contribution in [0.4, 0.5) is 0 Å². The third-order valence-corrected chi connectivity index (χ3v) is 5.65. The summed E-state index contributed by atoms with van der Waals surface area (Å²) < 4.78 is 11.8. The number of cyclic esters (lactones) is 1. The van der Waals surface area contributed by atoms with Crippen LogP contribution in [0.15, 0.2) is 40.9 Å². The Morgan fingerprint density at radius 3 is 2.69 bits per heavy atom. The number of piperidine rings is 1. The molecule has 1 aromatic carbocycles. The fourth-order valence-corrected chi connectivity index (χ4v) is 4.10. The molecule has 5 nitrogen and oxygen atoms in total. The van der Waals surface area contributed by atoms with Gasteiger partial charge < -0.3 is 9.47 Å². The number of rotatable bonds is 4. The van der Waals surface area contributed by atoms with Gasteiger partial charge in [-0.1, -0.05) is 41.6 Å². The average molecular weight is 422 g/mol. The van der Waals surface area contributed by atoms with Crippen LogP contribution in [0.5, 0.6) is 0 Å². The summed E-state index contributed by atoms with van der Waals surface area (Å²) in [5.41, 5.74) is 1.53. The minimum atomic E-state index is -0.459. The molecule has 0 unspecified atom stereocenters. The Kier molecular flexibility index (Phi) is 5.82. The Hall–Kier alpha value is -1.66. The van der Waals surface area contributed by atoms with Gasteiger partial charge in [-0.2, -0.15) is 0 Å². The lowest BCUT2D eigenvalue weighted by Crippen LogP contribution is -2.58. The first-order valence-corrected chi connectivity index (χ1v) is 9.70. The molecule has 0 radical (unpaired) electrons. The first kappa shape index (κ1) is 19.1. The number of hydrogen-bond donors (Lipinski definition) is 0. The number of fused-ring (bicyclic) bond motifs is 1. The normalized spacial score (nSPS) is 28.8. The predicted octanol–water partition coefficient (Wildman–Crippen LogP) is 3.64. The second kappa shape index (κ2) is 7.92. The van der Waals surface area contributed by atoms with E-state index in [9.17, 15) is 9.59 Å². The van der Waals surface area contributed by atoms with E-state index in [1.54, 1.807) is 6.92 Å². The van der Waals surface area contributed by atoms with Gasteiger partial charge in [-0.15, -0.1) is 0 Å². The molecule has 4 atom stereocenters. The van der Waals surface area contributed by atoms with Crippen molar-refractivity contribution in [3.05, 3.63) is 46.5 Å². The number of benzene rings is 1. The SMILES string of the molecule is C=C(C)C(=O)OC[C@@H]1CN2[C@H](c3ccc(Br)cc3)[C@@H](C)CC[C@H]2C(=O)O1. The van der Waals surface area contributed by atoms with E-state index in [0.717, 1.165) is 17.3 Å². The molecule has 0 N–H and O–H groups in total. The maximum atomic E-state index is 12.5. The monoisotopic (exact) mass is 421 g/mol. The van der Waals surface area contributed by atoms with Crippen molar-refractivity contribution in [1.82, 2.24) is 4.90 Å². The van der Waals surface area contributed by atoms with E-state index >= 15 is 0 Å². The van der Waals surface area contributed by atoms with Crippen molar-refractivity contribution in [3.63, 3.8) is 0 Å². The van der Waals surface area contributed by atoms with Gasteiger partial charge in [0.05, 0.1) is 0 Å². The molecule has 0 bridgehead atoms. The van der Waals surface area contributed by atoms with Crippen LogP contribution in [-0.4, -0.2) is 42.1 Å². The van der Waals surface area contributed by atoms with Gasteiger partial charge in [0.25, 0.3) is 0 Å². The summed E-state index contributed by atoms with van der Waals surface area (Å²) >= 11 is 3.48.